The van der Waals surface area contributed by atoms with Crippen molar-refractivity contribution in [2.24, 2.45) is 27.2 Å². The van der Waals surface area contributed by atoms with Gasteiger partial charge in [0.1, 0.15) is 0 Å². The topological polar surface area (TPSA) is 151 Å². The maximum Gasteiger partial charge on any atom is 0.323 e. The molecule has 8 N–H and O–H groups in total. The summed E-state index contributed by atoms with van der Waals surface area (Å²) < 4.78 is 0. The normalized spacial score (nSPS) is 11.6. The zero-order chi connectivity index (χ0) is 12.4. The summed E-state index contributed by atoms with van der Waals surface area (Å²) in [6.45, 7) is 0. The molecule has 0 amide bonds. The van der Waals surface area contributed by atoms with E-state index in [4.69, 9.17) is 17.2 Å². The van der Waals surface area contributed by atoms with E-state index in [1.807, 2.05) is 0 Å². The number of hydrogen-bond acceptors (Lipinski definition) is 2. The van der Waals surface area contributed by atoms with Gasteiger partial charge in [0.25, 0.3) is 0 Å². The minimum absolute atomic E-state index is 0.0535. The smallest absolute Gasteiger partial charge is 0.323 e. The third-order valence-corrected chi connectivity index (χ3v) is 1.99. The summed E-state index contributed by atoms with van der Waals surface area (Å²) in [5, 5.41) is 0. The number of H-pyrrole nitrogens is 2. The van der Waals surface area contributed by atoms with E-state index in [1.54, 1.807) is 18.2 Å². The third kappa shape index (κ3) is 2.43. The summed E-state index contributed by atoms with van der Waals surface area (Å²) in [6, 6.07) is 5.04. The SMILES string of the molecule is NC(N)=NC(N)=Nc1ccc2[nH]c(=O)[nH]c2c1. The second kappa shape index (κ2) is 4.00. The number of nitrogens with zero attached hydrogens (tertiary/aromatic N) is 2. The van der Waals surface area contributed by atoms with Gasteiger partial charge in [-0.2, -0.15) is 4.99 Å². The Hall–Kier alpha value is -2.77. The van der Waals surface area contributed by atoms with E-state index < -0.39 is 0 Å². The van der Waals surface area contributed by atoms with Crippen molar-refractivity contribution in [2.45, 2.75) is 0 Å². The number of hydrogen-bond donors (Lipinski definition) is 5. The average Bonchev–Trinajstić information content (AvgIpc) is 2.55. The number of imidazole rings is 1. The van der Waals surface area contributed by atoms with Crippen LogP contribution in [0.4, 0.5) is 5.69 Å². The summed E-state index contributed by atoms with van der Waals surface area (Å²) in [7, 11) is 0. The van der Waals surface area contributed by atoms with E-state index >= 15 is 0 Å². The van der Waals surface area contributed by atoms with E-state index in [2.05, 4.69) is 20.0 Å². The summed E-state index contributed by atoms with van der Waals surface area (Å²) >= 11 is 0. The van der Waals surface area contributed by atoms with Crippen LogP contribution in [0, 0.1) is 0 Å². The Labute approximate surface area is 95.2 Å². The second-order valence-corrected chi connectivity index (χ2v) is 3.32. The molecule has 0 aliphatic heterocycles. The quantitative estimate of drug-likeness (QED) is 0.319. The minimum atomic E-state index is -0.279. The molecule has 1 heterocycles. The highest BCUT2D eigenvalue weighted by Crippen LogP contribution is 2.17. The van der Waals surface area contributed by atoms with Crippen LogP contribution in [0.2, 0.25) is 0 Å². The predicted molar refractivity (Wildman–Crippen MR) is 66.0 cm³/mol. The van der Waals surface area contributed by atoms with Crippen molar-refractivity contribution in [1.29, 1.82) is 0 Å². The summed E-state index contributed by atoms with van der Waals surface area (Å²) in [4.78, 5) is 23.8. The molecule has 1 aromatic carbocycles. The lowest BCUT2D eigenvalue weighted by Gasteiger charge is -1.96. The van der Waals surface area contributed by atoms with Crippen LogP contribution in [0.25, 0.3) is 11.0 Å². The van der Waals surface area contributed by atoms with Gasteiger partial charge < -0.3 is 27.2 Å². The van der Waals surface area contributed by atoms with Crippen LogP contribution in [0.1, 0.15) is 0 Å². The number of aliphatic imine (C=N–C) groups is 2. The number of aromatic amines is 2. The van der Waals surface area contributed by atoms with Crippen LogP contribution in [-0.2, 0) is 0 Å². The molecule has 2 rings (SSSR count). The van der Waals surface area contributed by atoms with Crippen LogP contribution < -0.4 is 22.9 Å². The van der Waals surface area contributed by atoms with Crippen molar-refractivity contribution in [1.82, 2.24) is 9.97 Å². The molecule has 0 unspecified atom stereocenters. The first-order chi connectivity index (χ1) is 8.04. The number of fused-ring (bicyclic) bond motifs is 1. The lowest BCUT2D eigenvalue weighted by Crippen LogP contribution is -2.26. The van der Waals surface area contributed by atoms with Crippen LogP contribution in [-0.4, -0.2) is 21.9 Å². The number of nitrogens with one attached hydrogen (secondary N) is 2. The molecule has 0 fully saturated rings. The summed E-state index contributed by atoms with van der Waals surface area (Å²) in [5.74, 6) is -0.218. The van der Waals surface area contributed by atoms with E-state index in [0.29, 0.717) is 16.7 Å². The van der Waals surface area contributed by atoms with E-state index in [-0.39, 0.29) is 17.6 Å². The predicted octanol–water partition coefficient (Wildman–Crippen LogP) is -0.924. The van der Waals surface area contributed by atoms with Gasteiger partial charge in [-0.3, -0.25) is 0 Å². The van der Waals surface area contributed by atoms with Crippen molar-refractivity contribution in [3.8, 4) is 0 Å². The highest BCUT2D eigenvalue weighted by Gasteiger charge is 1.99. The van der Waals surface area contributed by atoms with Gasteiger partial charge in [0.2, 0.25) is 5.96 Å². The first-order valence-electron chi connectivity index (χ1n) is 4.70. The number of aromatic nitrogens is 2. The van der Waals surface area contributed by atoms with Gasteiger partial charge in [0.05, 0.1) is 16.7 Å². The van der Waals surface area contributed by atoms with Gasteiger partial charge in [0.15, 0.2) is 5.96 Å². The summed E-state index contributed by atoms with van der Waals surface area (Å²) in [6.07, 6.45) is 0. The zero-order valence-electron chi connectivity index (χ0n) is 8.77. The van der Waals surface area contributed by atoms with E-state index in [1.165, 1.54) is 0 Å². The van der Waals surface area contributed by atoms with Crippen molar-refractivity contribution in [2.75, 3.05) is 0 Å². The van der Waals surface area contributed by atoms with Crippen LogP contribution in [0.15, 0.2) is 33.0 Å². The Morgan fingerprint density at radius 1 is 1.12 bits per heavy atom. The number of nitrogens with two attached hydrogens (primary N) is 3. The molecule has 0 bridgehead atoms. The minimum Gasteiger partial charge on any atom is -0.370 e. The lowest BCUT2D eigenvalue weighted by molar-refractivity contribution is 1.21. The Morgan fingerprint density at radius 2 is 1.82 bits per heavy atom. The molecule has 0 atom stereocenters. The van der Waals surface area contributed by atoms with Gasteiger partial charge in [-0.15, -0.1) is 0 Å². The molecule has 0 spiro atoms. The van der Waals surface area contributed by atoms with Crippen molar-refractivity contribution < 1.29 is 0 Å². The maximum atomic E-state index is 11.0. The summed E-state index contributed by atoms with van der Waals surface area (Å²) in [5.41, 5.74) is 17.4. The largest absolute Gasteiger partial charge is 0.370 e. The average molecular weight is 233 g/mol. The Kier molecular flexibility index (Phi) is 2.53. The molecular formula is C9H11N7O. The highest BCUT2D eigenvalue weighted by molar-refractivity contribution is 5.94. The Bertz CT molecular complexity index is 659. The van der Waals surface area contributed by atoms with Gasteiger partial charge >= 0.3 is 5.69 Å². The van der Waals surface area contributed by atoms with Crippen molar-refractivity contribution >= 4 is 28.6 Å². The highest BCUT2D eigenvalue weighted by atomic mass is 16.1. The molecule has 8 heteroatoms. The molecule has 17 heavy (non-hydrogen) atoms. The lowest BCUT2D eigenvalue weighted by atomic mass is 10.3. The molecule has 2 aromatic rings. The molecule has 0 aliphatic carbocycles. The second-order valence-electron chi connectivity index (χ2n) is 3.32. The Balaban J connectivity index is 2.43. The molecule has 0 saturated heterocycles. The van der Waals surface area contributed by atoms with Gasteiger partial charge in [-0.05, 0) is 18.2 Å². The van der Waals surface area contributed by atoms with Crippen LogP contribution in [0.3, 0.4) is 0 Å². The number of rotatable bonds is 1. The molecule has 8 nitrogen and oxygen atoms in total. The van der Waals surface area contributed by atoms with Gasteiger partial charge in [-0.1, -0.05) is 0 Å². The standard InChI is InChI=1S/C9H11N7O/c10-7(11)16-8(12)13-4-1-2-5-6(3-4)15-9(17)14-5/h1-3H,(H2,14,15,17)(H6,10,11,12,13,16). The monoisotopic (exact) mass is 233 g/mol. The fourth-order valence-electron chi connectivity index (χ4n) is 1.38. The third-order valence-electron chi connectivity index (χ3n) is 1.99. The van der Waals surface area contributed by atoms with E-state index in [0.717, 1.165) is 0 Å². The Morgan fingerprint density at radius 3 is 2.53 bits per heavy atom. The molecular weight excluding hydrogens is 222 g/mol. The van der Waals surface area contributed by atoms with E-state index in [9.17, 15) is 4.79 Å². The van der Waals surface area contributed by atoms with Gasteiger partial charge in [-0.25, -0.2) is 9.79 Å². The van der Waals surface area contributed by atoms with Crippen molar-refractivity contribution in [3.05, 3.63) is 28.7 Å². The van der Waals surface area contributed by atoms with Gasteiger partial charge in [0, 0.05) is 0 Å². The van der Waals surface area contributed by atoms with Crippen molar-refractivity contribution in [3.63, 3.8) is 0 Å². The van der Waals surface area contributed by atoms with Crippen LogP contribution >= 0.6 is 0 Å². The molecule has 1 aromatic heterocycles. The molecule has 0 radical (unpaired) electrons. The molecule has 0 saturated carbocycles. The number of guanidine groups is 2. The maximum absolute atomic E-state index is 11.0. The zero-order valence-corrected chi connectivity index (χ0v) is 8.77. The molecule has 88 valence electrons. The fraction of sp³-hybridized carbons (Fsp3) is 0. The number of benzene rings is 1. The first kappa shape index (κ1) is 10.7. The molecule has 0 aliphatic rings. The first-order valence-corrected chi connectivity index (χ1v) is 4.70. The fourth-order valence-corrected chi connectivity index (χ4v) is 1.38. The van der Waals surface area contributed by atoms with Crippen LogP contribution in [0.5, 0.6) is 0 Å².